The van der Waals surface area contributed by atoms with Crippen LogP contribution in [0.4, 0.5) is 4.39 Å². The standard InChI is InChI=1S/C16H21FN2O/c1-11-7-12(9-13(17)8-11)16(20)19(15-4-5-15)10-14-3-2-6-18-14/h7-9,14-15,18H,2-6,10H2,1H3. The number of amides is 1. The monoisotopic (exact) mass is 276 g/mol. The fourth-order valence-corrected chi connectivity index (χ4v) is 2.96. The van der Waals surface area contributed by atoms with E-state index in [0.717, 1.165) is 37.9 Å². The van der Waals surface area contributed by atoms with Crippen LogP contribution in [0.15, 0.2) is 18.2 Å². The van der Waals surface area contributed by atoms with E-state index >= 15 is 0 Å². The van der Waals surface area contributed by atoms with Gasteiger partial charge in [0.1, 0.15) is 5.82 Å². The van der Waals surface area contributed by atoms with Gasteiger partial charge >= 0.3 is 0 Å². The summed E-state index contributed by atoms with van der Waals surface area (Å²) in [4.78, 5) is 14.6. The maximum Gasteiger partial charge on any atom is 0.254 e. The number of nitrogens with one attached hydrogen (secondary N) is 1. The Balaban J connectivity index is 1.77. The van der Waals surface area contributed by atoms with Crippen LogP contribution >= 0.6 is 0 Å². The topological polar surface area (TPSA) is 32.3 Å². The second-order valence-electron chi connectivity index (χ2n) is 6.00. The minimum atomic E-state index is -0.330. The third kappa shape index (κ3) is 3.01. The van der Waals surface area contributed by atoms with E-state index in [9.17, 15) is 9.18 Å². The second-order valence-corrected chi connectivity index (χ2v) is 6.00. The Hall–Kier alpha value is -1.42. The van der Waals surface area contributed by atoms with Gasteiger partial charge in [0.25, 0.3) is 5.91 Å². The van der Waals surface area contributed by atoms with Gasteiger partial charge < -0.3 is 10.2 Å². The summed E-state index contributed by atoms with van der Waals surface area (Å²) in [6, 6.07) is 5.34. The fraction of sp³-hybridized carbons (Fsp3) is 0.562. The molecular formula is C16H21FN2O. The molecule has 108 valence electrons. The molecule has 3 rings (SSSR count). The lowest BCUT2D eigenvalue weighted by molar-refractivity contribution is 0.0728. The van der Waals surface area contributed by atoms with Gasteiger partial charge in [0.15, 0.2) is 0 Å². The van der Waals surface area contributed by atoms with Crippen LogP contribution in [0.2, 0.25) is 0 Å². The van der Waals surface area contributed by atoms with Gasteiger partial charge in [0.2, 0.25) is 0 Å². The largest absolute Gasteiger partial charge is 0.334 e. The van der Waals surface area contributed by atoms with Gasteiger partial charge in [-0.05, 0) is 62.9 Å². The van der Waals surface area contributed by atoms with Crippen molar-refractivity contribution < 1.29 is 9.18 Å². The number of carbonyl (C=O) groups excluding carboxylic acids is 1. The molecule has 4 heteroatoms. The molecule has 1 aliphatic carbocycles. The average molecular weight is 276 g/mol. The van der Waals surface area contributed by atoms with E-state index in [1.807, 2.05) is 11.8 Å². The van der Waals surface area contributed by atoms with E-state index in [1.54, 1.807) is 6.07 Å². The molecule has 1 aromatic rings. The number of nitrogens with zero attached hydrogens (tertiary/aromatic N) is 1. The van der Waals surface area contributed by atoms with Crippen molar-refractivity contribution in [3.05, 3.63) is 35.1 Å². The smallest absolute Gasteiger partial charge is 0.254 e. The molecule has 1 aliphatic heterocycles. The van der Waals surface area contributed by atoms with Gasteiger partial charge in [-0.15, -0.1) is 0 Å². The van der Waals surface area contributed by atoms with E-state index < -0.39 is 0 Å². The second kappa shape index (κ2) is 5.52. The molecule has 0 spiro atoms. The number of halogens is 1. The molecular weight excluding hydrogens is 255 g/mol. The van der Waals surface area contributed by atoms with Crippen molar-refractivity contribution in [1.29, 1.82) is 0 Å². The number of aryl methyl sites for hydroxylation is 1. The highest BCUT2D eigenvalue weighted by Crippen LogP contribution is 2.29. The number of rotatable bonds is 4. The first-order valence-electron chi connectivity index (χ1n) is 7.45. The van der Waals surface area contributed by atoms with E-state index in [2.05, 4.69) is 5.32 Å². The first kappa shape index (κ1) is 13.6. The maximum atomic E-state index is 13.5. The van der Waals surface area contributed by atoms with Crippen molar-refractivity contribution >= 4 is 5.91 Å². The normalized spacial score (nSPS) is 22.0. The molecule has 1 heterocycles. The zero-order chi connectivity index (χ0) is 14.1. The molecule has 1 amide bonds. The van der Waals surface area contributed by atoms with Crippen LogP contribution in [0.1, 0.15) is 41.6 Å². The van der Waals surface area contributed by atoms with Crippen LogP contribution in [-0.2, 0) is 0 Å². The lowest BCUT2D eigenvalue weighted by Crippen LogP contribution is -2.42. The summed E-state index contributed by atoms with van der Waals surface area (Å²) >= 11 is 0. The van der Waals surface area contributed by atoms with Crippen molar-refractivity contribution in [2.75, 3.05) is 13.1 Å². The molecule has 20 heavy (non-hydrogen) atoms. The number of hydrogen-bond donors (Lipinski definition) is 1. The van der Waals surface area contributed by atoms with Crippen LogP contribution in [0.5, 0.6) is 0 Å². The molecule has 1 atom stereocenters. The SMILES string of the molecule is Cc1cc(F)cc(C(=O)N(CC2CCCN2)C2CC2)c1. The molecule has 0 aromatic heterocycles. The van der Waals surface area contributed by atoms with E-state index in [4.69, 9.17) is 0 Å². The maximum absolute atomic E-state index is 13.5. The van der Waals surface area contributed by atoms with Crippen LogP contribution in [0, 0.1) is 12.7 Å². The predicted molar refractivity (Wildman–Crippen MR) is 76.2 cm³/mol. The molecule has 1 unspecified atom stereocenters. The Morgan fingerprint density at radius 1 is 1.35 bits per heavy atom. The zero-order valence-electron chi connectivity index (χ0n) is 11.9. The quantitative estimate of drug-likeness (QED) is 0.916. The Morgan fingerprint density at radius 2 is 2.15 bits per heavy atom. The highest BCUT2D eigenvalue weighted by atomic mass is 19.1. The molecule has 3 nitrogen and oxygen atoms in total. The summed E-state index contributed by atoms with van der Waals surface area (Å²) in [5.41, 5.74) is 1.27. The van der Waals surface area contributed by atoms with Gasteiger partial charge in [-0.25, -0.2) is 4.39 Å². The first-order chi connectivity index (χ1) is 9.63. The number of benzene rings is 1. The van der Waals surface area contributed by atoms with Crippen molar-refractivity contribution in [3.8, 4) is 0 Å². The van der Waals surface area contributed by atoms with E-state index in [0.29, 0.717) is 17.6 Å². The molecule has 1 N–H and O–H groups in total. The summed E-state index contributed by atoms with van der Waals surface area (Å²) in [7, 11) is 0. The summed E-state index contributed by atoms with van der Waals surface area (Å²) in [5, 5.41) is 3.43. The lowest BCUT2D eigenvalue weighted by atomic mass is 10.1. The van der Waals surface area contributed by atoms with E-state index in [1.165, 1.54) is 18.6 Å². The highest BCUT2D eigenvalue weighted by Gasteiger charge is 2.35. The first-order valence-corrected chi connectivity index (χ1v) is 7.45. The fourth-order valence-electron chi connectivity index (χ4n) is 2.96. The minimum absolute atomic E-state index is 0.0243. The molecule has 2 aliphatic rings. The predicted octanol–water partition coefficient (Wildman–Crippen LogP) is 2.49. The number of hydrogen-bond acceptors (Lipinski definition) is 2. The molecule has 0 radical (unpaired) electrons. The van der Waals surface area contributed by atoms with Crippen molar-refractivity contribution in [2.24, 2.45) is 0 Å². The highest BCUT2D eigenvalue weighted by molar-refractivity contribution is 5.94. The third-order valence-electron chi connectivity index (χ3n) is 4.12. The van der Waals surface area contributed by atoms with Crippen LogP contribution in [0.25, 0.3) is 0 Å². The van der Waals surface area contributed by atoms with Gasteiger partial charge in [0, 0.05) is 24.2 Å². The molecule has 2 fully saturated rings. The van der Waals surface area contributed by atoms with E-state index in [-0.39, 0.29) is 11.7 Å². The summed E-state index contributed by atoms with van der Waals surface area (Å²) < 4.78 is 13.5. The van der Waals surface area contributed by atoms with Crippen LogP contribution < -0.4 is 5.32 Å². The molecule has 1 saturated carbocycles. The van der Waals surface area contributed by atoms with Crippen LogP contribution in [-0.4, -0.2) is 36.0 Å². The van der Waals surface area contributed by atoms with Crippen molar-refractivity contribution in [1.82, 2.24) is 10.2 Å². The Morgan fingerprint density at radius 3 is 2.75 bits per heavy atom. The zero-order valence-corrected chi connectivity index (χ0v) is 11.9. The molecule has 1 saturated heterocycles. The summed E-state index contributed by atoms with van der Waals surface area (Å²) in [5.74, 6) is -0.355. The number of carbonyl (C=O) groups is 1. The lowest BCUT2D eigenvalue weighted by Gasteiger charge is -2.26. The third-order valence-corrected chi connectivity index (χ3v) is 4.12. The Bertz CT molecular complexity index is 487. The summed E-state index contributed by atoms with van der Waals surface area (Å²) in [6.07, 6.45) is 4.45. The molecule has 0 bridgehead atoms. The van der Waals surface area contributed by atoms with Gasteiger partial charge in [-0.3, -0.25) is 4.79 Å². The van der Waals surface area contributed by atoms with Crippen molar-refractivity contribution in [3.63, 3.8) is 0 Å². The Kier molecular flexibility index (Phi) is 3.74. The average Bonchev–Trinajstić information content (AvgIpc) is 3.11. The Labute approximate surface area is 119 Å². The minimum Gasteiger partial charge on any atom is -0.334 e. The van der Waals surface area contributed by atoms with Gasteiger partial charge in [-0.1, -0.05) is 0 Å². The van der Waals surface area contributed by atoms with Crippen molar-refractivity contribution in [2.45, 2.75) is 44.7 Å². The summed E-state index contributed by atoms with van der Waals surface area (Å²) in [6.45, 7) is 3.61. The van der Waals surface area contributed by atoms with Gasteiger partial charge in [0.05, 0.1) is 0 Å². The van der Waals surface area contributed by atoms with Gasteiger partial charge in [-0.2, -0.15) is 0 Å². The van der Waals surface area contributed by atoms with Crippen LogP contribution in [0.3, 0.4) is 0 Å². The molecule has 1 aromatic carbocycles.